The number of amides is 1. The van der Waals surface area contributed by atoms with Crippen molar-refractivity contribution in [1.29, 1.82) is 0 Å². The maximum Gasteiger partial charge on any atom is 0.246 e. The van der Waals surface area contributed by atoms with Gasteiger partial charge in [0.15, 0.2) is 0 Å². The van der Waals surface area contributed by atoms with E-state index >= 15 is 0 Å². The fraction of sp³-hybridized carbons (Fsp3) is 0.375. The standard InChI is InChI=1S/C8H13NO/c1-7(2)5-6-8(10)9(3)4/h5-6H,1H2,2-4H3. The van der Waals surface area contributed by atoms with Crippen LogP contribution < -0.4 is 0 Å². The topological polar surface area (TPSA) is 20.3 Å². The zero-order chi connectivity index (χ0) is 8.15. The van der Waals surface area contributed by atoms with Crippen molar-refractivity contribution in [3.63, 3.8) is 0 Å². The van der Waals surface area contributed by atoms with Crippen LogP contribution in [0.4, 0.5) is 0 Å². The molecule has 0 saturated carbocycles. The first-order chi connectivity index (χ1) is 4.54. The maximum absolute atomic E-state index is 10.8. The van der Waals surface area contributed by atoms with E-state index in [1.165, 1.54) is 11.0 Å². The van der Waals surface area contributed by atoms with Crippen LogP contribution in [0, 0.1) is 0 Å². The molecule has 0 aliphatic carbocycles. The predicted molar refractivity (Wildman–Crippen MR) is 42.6 cm³/mol. The molecule has 0 rings (SSSR count). The average Bonchev–Trinajstić information content (AvgIpc) is 1.82. The molecule has 2 nitrogen and oxygen atoms in total. The minimum atomic E-state index is -0.0111. The predicted octanol–water partition coefficient (Wildman–Crippen LogP) is 1.21. The summed E-state index contributed by atoms with van der Waals surface area (Å²) < 4.78 is 0. The summed E-state index contributed by atoms with van der Waals surface area (Å²) in [6.07, 6.45) is 3.20. The van der Waals surface area contributed by atoms with Crippen molar-refractivity contribution in [1.82, 2.24) is 4.90 Å². The summed E-state index contributed by atoms with van der Waals surface area (Å²) in [5, 5.41) is 0. The number of allylic oxidation sites excluding steroid dienone is 2. The molecule has 0 aliphatic heterocycles. The first kappa shape index (κ1) is 8.95. The highest BCUT2D eigenvalue weighted by Gasteiger charge is 1.94. The SMILES string of the molecule is C=C(C)C=CC(=O)N(C)C. The number of hydrogen-bond acceptors (Lipinski definition) is 1. The molecule has 0 aromatic heterocycles. The molecule has 0 bridgehead atoms. The van der Waals surface area contributed by atoms with Gasteiger partial charge in [0.2, 0.25) is 5.91 Å². The number of likely N-dealkylation sites (N-methyl/N-ethyl adjacent to an activating group) is 1. The van der Waals surface area contributed by atoms with Crippen LogP contribution in [0.25, 0.3) is 0 Å². The fourth-order valence-corrected chi connectivity index (χ4v) is 0.363. The first-order valence-electron chi connectivity index (χ1n) is 3.09. The third-order valence-corrected chi connectivity index (χ3v) is 0.951. The molecule has 0 aliphatic rings. The minimum Gasteiger partial charge on any atom is -0.345 e. The van der Waals surface area contributed by atoms with E-state index in [4.69, 9.17) is 0 Å². The molecule has 0 N–H and O–H groups in total. The van der Waals surface area contributed by atoms with Crippen LogP contribution in [0.5, 0.6) is 0 Å². The van der Waals surface area contributed by atoms with Crippen LogP contribution in [0.1, 0.15) is 6.92 Å². The van der Waals surface area contributed by atoms with Gasteiger partial charge in [-0.25, -0.2) is 0 Å². The summed E-state index contributed by atoms with van der Waals surface area (Å²) in [5.74, 6) is -0.0111. The highest BCUT2D eigenvalue weighted by molar-refractivity contribution is 5.87. The van der Waals surface area contributed by atoms with Gasteiger partial charge in [-0.2, -0.15) is 0 Å². The van der Waals surface area contributed by atoms with Gasteiger partial charge in [0.1, 0.15) is 0 Å². The van der Waals surface area contributed by atoms with Gasteiger partial charge in [0.25, 0.3) is 0 Å². The lowest BCUT2D eigenvalue weighted by atomic mass is 10.3. The molecular weight excluding hydrogens is 126 g/mol. The van der Waals surface area contributed by atoms with Crippen molar-refractivity contribution in [2.45, 2.75) is 6.92 Å². The van der Waals surface area contributed by atoms with Crippen LogP contribution in [0.3, 0.4) is 0 Å². The molecule has 2 heteroatoms. The molecule has 0 aromatic carbocycles. The van der Waals surface area contributed by atoms with Gasteiger partial charge in [0, 0.05) is 20.2 Å². The van der Waals surface area contributed by atoms with Crippen LogP contribution in [-0.4, -0.2) is 24.9 Å². The number of carbonyl (C=O) groups is 1. The van der Waals surface area contributed by atoms with Crippen LogP contribution >= 0.6 is 0 Å². The van der Waals surface area contributed by atoms with E-state index in [1.807, 2.05) is 6.92 Å². The van der Waals surface area contributed by atoms with E-state index < -0.39 is 0 Å². The third-order valence-electron chi connectivity index (χ3n) is 0.951. The average molecular weight is 139 g/mol. The summed E-state index contributed by atoms with van der Waals surface area (Å²) in [7, 11) is 3.43. The Morgan fingerprint density at radius 1 is 1.40 bits per heavy atom. The Balaban J connectivity index is 3.90. The van der Waals surface area contributed by atoms with Crippen LogP contribution in [-0.2, 0) is 4.79 Å². The van der Waals surface area contributed by atoms with Crippen molar-refractivity contribution in [2.24, 2.45) is 0 Å². The molecule has 0 heterocycles. The lowest BCUT2D eigenvalue weighted by Crippen LogP contribution is -2.18. The van der Waals surface area contributed by atoms with Crippen molar-refractivity contribution in [3.05, 3.63) is 24.3 Å². The monoisotopic (exact) mass is 139 g/mol. The van der Waals surface area contributed by atoms with E-state index in [0.29, 0.717) is 0 Å². The summed E-state index contributed by atoms with van der Waals surface area (Å²) in [5.41, 5.74) is 0.884. The van der Waals surface area contributed by atoms with E-state index in [0.717, 1.165) is 5.57 Å². The van der Waals surface area contributed by atoms with Crippen LogP contribution in [0.15, 0.2) is 24.3 Å². The molecule has 56 valence electrons. The largest absolute Gasteiger partial charge is 0.345 e. The Bertz CT molecular complexity index is 168. The van der Waals surface area contributed by atoms with E-state index in [-0.39, 0.29) is 5.91 Å². The molecular formula is C8H13NO. The van der Waals surface area contributed by atoms with Gasteiger partial charge in [-0.05, 0) is 6.92 Å². The lowest BCUT2D eigenvalue weighted by Gasteiger charge is -2.04. The molecule has 0 saturated heterocycles. The van der Waals surface area contributed by atoms with E-state index in [9.17, 15) is 4.79 Å². The van der Waals surface area contributed by atoms with Crippen molar-refractivity contribution < 1.29 is 4.79 Å². The highest BCUT2D eigenvalue weighted by Crippen LogP contribution is 1.90. The highest BCUT2D eigenvalue weighted by atomic mass is 16.2. The zero-order valence-corrected chi connectivity index (χ0v) is 6.72. The molecule has 0 unspecified atom stereocenters. The van der Waals surface area contributed by atoms with Crippen molar-refractivity contribution >= 4 is 5.91 Å². The Labute approximate surface area is 61.8 Å². The number of hydrogen-bond donors (Lipinski definition) is 0. The molecule has 1 amide bonds. The summed E-state index contributed by atoms with van der Waals surface area (Å²) >= 11 is 0. The normalized spacial score (nSPS) is 9.90. The fourth-order valence-electron chi connectivity index (χ4n) is 0.363. The summed E-state index contributed by atoms with van der Waals surface area (Å²) in [4.78, 5) is 12.4. The Hall–Kier alpha value is -1.05. The van der Waals surface area contributed by atoms with E-state index in [1.54, 1.807) is 20.2 Å². The maximum atomic E-state index is 10.8. The lowest BCUT2D eigenvalue weighted by molar-refractivity contribution is -0.123. The van der Waals surface area contributed by atoms with Gasteiger partial charge in [-0.3, -0.25) is 4.79 Å². The summed E-state index contributed by atoms with van der Waals surface area (Å²) in [6.45, 7) is 5.48. The second-order valence-corrected chi connectivity index (χ2v) is 2.41. The Kier molecular flexibility index (Phi) is 3.47. The zero-order valence-electron chi connectivity index (χ0n) is 6.72. The number of carbonyl (C=O) groups excluding carboxylic acids is 1. The molecule has 0 radical (unpaired) electrons. The third kappa shape index (κ3) is 3.89. The Morgan fingerprint density at radius 3 is 2.20 bits per heavy atom. The van der Waals surface area contributed by atoms with Crippen molar-refractivity contribution in [3.8, 4) is 0 Å². The van der Waals surface area contributed by atoms with Gasteiger partial charge < -0.3 is 4.90 Å². The molecule has 0 fully saturated rings. The van der Waals surface area contributed by atoms with Crippen LogP contribution in [0.2, 0.25) is 0 Å². The smallest absolute Gasteiger partial charge is 0.246 e. The Morgan fingerprint density at radius 2 is 1.90 bits per heavy atom. The quantitative estimate of drug-likeness (QED) is 0.416. The second-order valence-electron chi connectivity index (χ2n) is 2.41. The second kappa shape index (κ2) is 3.88. The van der Waals surface area contributed by atoms with Gasteiger partial charge in [-0.15, -0.1) is 0 Å². The minimum absolute atomic E-state index is 0.0111. The molecule has 0 spiro atoms. The van der Waals surface area contributed by atoms with Gasteiger partial charge >= 0.3 is 0 Å². The first-order valence-corrected chi connectivity index (χ1v) is 3.09. The van der Waals surface area contributed by atoms with E-state index in [2.05, 4.69) is 6.58 Å². The van der Waals surface area contributed by atoms with Gasteiger partial charge in [-0.1, -0.05) is 18.2 Å². The number of nitrogens with zero attached hydrogens (tertiary/aromatic N) is 1. The van der Waals surface area contributed by atoms with Crippen molar-refractivity contribution in [2.75, 3.05) is 14.1 Å². The summed E-state index contributed by atoms with van der Waals surface area (Å²) in [6, 6.07) is 0. The van der Waals surface area contributed by atoms with Gasteiger partial charge in [0.05, 0.1) is 0 Å². The molecule has 0 atom stereocenters. The molecule has 10 heavy (non-hydrogen) atoms. The molecule has 0 aromatic rings. The number of rotatable bonds is 2.